The molecule has 0 spiro atoms. The Morgan fingerprint density at radius 3 is 2.47 bits per heavy atom. The van der Waals surface area contributed by atoms with E-state index in [-0.39, 0.29) is 31.4 Å². The van der Waals surface area contributed by atoms with E-state index in [0.29, 0.717) is 10.8 Å². The molecule has 2 aliphatic rings. The minimum absolute atomic E-state index is 0.0105. The van der Waals surface area contributed by atoms with E-state index in [2.05, 4.69) is 10.6 Å². The molecule has 1 atom stereocenters. The average molecular weight is 409 g/mol. The van der Waals surface area contributed by atoms with Gasteiger partial charge in [-0.15, -0.1) is 0 Å². The Kier molecular flexibility index (Phi) is 5.09. The normalized spacial score (nSPS) is 16.7. The molecule has 1 fully saturated rings. The summed E-state index contributed by atoms with van der Waals surface area (Å²) in [6.45, 7) is -0.0531. The van der Waals surface area contributed by atoms with Gasteiger partial charge in [0.2, 0.25) is 0 Å². The van der Waals surface area contributed by atoms with Gasteiger partial charge in [0.25, 0.3) is 11.8 Å². The van der Waals surface area contributed by atoms with Crippen molar-refractivity contribution in [3.8, 4) is 11.1 Å². The molecule has 4 amide bonds. The van der Waals surface area contributed by atoms with Crippen LogP contribution in [0.1, 0.15) is 29.9 Å². The Hall–Kier alpha value is -3.88. The molecule has 1 saturated heterocycles. The van der Waals surface area contributed by atoms with Crippen LogP contribution in [0.2, 0.25) is 0 Å². The maximum absolute atomic E-state index is 12.1. The Morgan fingerprint density at radius 2 is 1.73 bits per heavy atom. The molecule has 2 N–H and O–H groups in total. The van der Waals surface area contributed by atoms with Gasteiger partial charge in [0, 0.05) is 31.5 Å². The van der Waals surface area contributed by atoms with Gasteiger partial charge in [-0.05, 0) is 34.4 Å². The zero-order valence-corrected chi connectivity index (χ0v) is 16.1. The van der Waals surface area contributed by atoms with Crippen LogP contribution in [-0.4, -0.2) is 42.7 Å². The lowest BCUT2D eigenvalue weighted by Gasteiger charge is -2.16. The first-order valence-electron chi connectivity index (χ1n) is 9.40. The van der Waals surface area contributed by atoms with Crippen LogP contribution in [0, 0.1) is 0 Å². The molecule has 9 heteroatoms. The molecule has 0 bridgehead atoms. The van der Waals surface area contributed by atoms with Gasteiger partial charge in [0.15, 0.2) is 0 Å². The van der Waals surface area contributed by atoms with Gasteiger partial charge in [-0.1, -0.05) is 35.4 Å². The summed E-state index contributed by atoms with van der Waals surface area (Å²) in [5.74, 6) is -1.43. The summed E-state index contributed by atoms with van der Waals surface area (Å²) < 4.78 is 5.23. The Balaban J connectivity index is 1.53. The Labute approximate surface area is 171 Å². The first-order chi connectivity index (χ1) is 14.5. The molecule has 154 valence electrons. The van der Waals surface area contributed by atoms with Crippen LogP contribution >= 0.6 is 0 Å². The molecule has 1 aliphatic heterocycles. The number of hydrogen-bond acceptors (Lipinski definition) is 6. The first kappa shape index (κ1) is 19.4. The number of amides is 4. The highest BCUT2D eigenvalue weighted by Crippen LogP contribution is 2.45. The molecule has 2 aromatic carbocycles. The number of anilines is 1. The van der Waals surface area contributed by atoms with Gasteiger partial charge in [-0.2, -0.15) is 0 Å². The minimum Gasteiger partial charge on any atom is -0.432 e. The summed E-state index contributed by atoms with van der Waals surface area (Å²) in [4.78, 5) is 51.7. The molecule has 4 rings (SSSR count). The van der Waals surface area contributed by atoms with E-state index in [1.165, 1.54) is 7.05 Å². The highest BCUT2D eigenvalue weighted by molar-refractivity contribution is 6.01. The number of nitrogens with one attached hydrogen (secondary N) is 2. The summed E-state index contributed by atoms with van der Waals surface area (Å²) in [5, 5.41) is 5.67. The SMILES string of the molecule is CNC(=O)Nc1ccc2c(c1)C(COC(=O)ON1C(=O)CCC1=O)c1ccccc1-2. The number of fused-ring (bicyclic) bond motifs is 3. The number of hydroxylamine groups is 2. The summed E-state index contributed by atoms with van der Waals surface area (Å²) in [6.07, 6.45) is -1.10. The van der Waals surface area contributed by atoms with Crippen molar-refractivity contribution in [1.82, 2.24) is 10.4 Å². The summed E-state index contributed by atoms with van der Waals surface area (Å²) in [7, 11) is 1.52. The summed E-state index contributed by atoms with van der Waals surface area (Å²) in [6, 6.07) is 12.9. The number of urea groups is 1. The van der Waals surface area contributed by atoms with E-state index in [1.807, 2.05) is 36.4 Å². The van der Waals surface area contributed by atoms with Gasteiger partial charge in [0.1, 0.15) is 6.61 Å². The predicted molar refractivity (Wildman–Crippen MR) is 105 cm³/mol. The number of ether oxygens (including phenoxy) is 1. The second-order valence-electron chi connectivity index (χ2n) is 6.88. The Bertz CT molecular complexity index is 1030. The van der Waals surface area contributed by atoms with E-state index < -0.39 is 18.0 Å². The predicted octanol–water partition coefficient (Wildman–Crippen LogP) is 2.77. The molecule has 0 aromatic heterocycles. The minimum atomic E-state index is -1.12. The van der Waals surface area contributed by atoms with Crippen LogP contribution < -0.4 is 10.6 Å². The van der Waals surface area contributed by atoms with Crippen molar-refractivity contribution in [2.45, 2.75) is 18.8 Å². The van der Waals surface area contributed by atoms with E-state index in [9.17, 15) is 19.2 Å². The third-order valence-electron chi connectivity index (χ3n) is 5.08. The molecule has 9 nitrogen and oxygen atoms in total. The molecular weight excluding hydrogens is 390 g/mol. The maximum atomic E-state index is 12.1. The van der Waals surface area contributed by atoms with Crippen molar-refractivity contribution in [2.75, 3.05) is 19.0 Å². The van der Waals surface area contributed by atoms with Gasteiger partial charge in [0.05, 0.1) is 0 Å². The fourth-order valence-electron chi connectivity index (χ4n) is 3.67. The number of hydrogen-bond donors (Lipinski definition) is 2. The lowest BCUT2D eigenvalue weighted by Crippen LogP contribution is -2.32. The quantitative estimate of drug-likeness (QED) is 0.593. The van der Waals surface area contributed by atoms with E-state index >= 15 is 0 Å². The fraction of sp³-hybridized carbons (Fsp3) is 0.238. The lowest BCUT2D eigenvalue weighted by molar-refractivity contribution is -0.177. The molecular formula is C21H19N3O6. The lowest BCUT2D eigenvalue weighted by atomic mass is 9.97. The number of carbonyl (C=O) groups is 4. The number of rotatable bonds is 4. The van der Waals surface area contributed by atoms with E-state index in [1.54, 1.807) is 6.07 Å². The van der Waals surface area contributed by atoms with Crippen LogP contribution in [0.15, 0.2) is 42.5 Å². The number of benzene rings is 2. The summed E-state index contributed by atoms with van der Waals surface area (Å²) >= 11 is 0. The molecule has 30 heavy (non-hydrogen) atoms. The van der Waals surface area contributed by atoms with Crippen molar-refractivity contribution in [3.05, 3.63) is 53.6 Å². The third kappa shape index (κ3) is 3.57. The maximum Gasteiger partial charge on any atom is 0.533 e. The fourth-order valence-corrected chi connectivity index (χ4v) is 3.67. The van der Waals surface area contributed by atoms with Crippen molar-refractivity contribution >= 4 is 29.7 Å². The monoisotopic (exact) mass is 409 g/mol. The van der Waals surface area contributed by atoms with Crippen LogP contribution in [0.4, 0.5) is 15.3 Å². The molecule has 1 unspecified atom stereocenters. The van der Waals surface area contributed by atoms with Crippen LogP contribution in [-0.2, 0) is 19.2 Å². The van der Waals surface area contributed by atoms with Crippen LogP contribution in [0.5, 0.6) is 0 Å². The van der Waals surface area contributed by atoms with Crippen molar-refractivity contribution in [2.24, 2.45) is 0 Å². The topological polar surface area (TPSA) is 114 Å². The van der Waals surface area contributed by atoms with E-state index in [4.69, 9.17) is 9.57 Å². The average Bonchev–Trinajstić information content (AvgIpc) is 3.23. The van der Waals surface area contributed by atoms with Crippen molar-refractivity contribution < 1.29 is 28.8 Å². The van der Waals surface area contributed by atoms with Gasteiger partial charge in [-0.3, -0.25) is 14.4 Å². The highest BCUT2D eigenvalue weighted by Gasteiger charge is 2.34. The summed E-state index contributed by atoms with van der Waals surface area (Å²) in [5.41, 5.74) is 4.42. The molecule has 0 saturated carbocycles. The smallest absolute Gasteiger partial charge is 0.432 e. The standard InChI is InChI=1S/C21H19N3O6/c1-22-20(27)23-12-6-7-15-13-4-2-3-5-14(13)17(16(15)10-12)11-29-21(28)30-24-18(25)8-9-19(24)26/h2-7,10,17H,8-9,11H2,1H3,(H2,22,23,27). The molecule has 1 heterocycles. The van der Waals surface area contributed by atoms with Gasteiger partial charge < -0.3 is 15.4 Å². The van der Waals surface area contributed by atoms with Crippen molar-refractivity contribution in [3.63, 3.8) is 0 Å². The second kappa shape index (κ2) is 7.86. The Morgan fingerprint density at radius 1 is 1.03 bits per heavy atom. The largest absolute Gasteiger partial charge is 0.533 e. The number of imide groups is 1. The zero-order valence-electron chi connectivity index (χ0n) is 16.1. The first-order valence-corrected chi connectivity index (χ1v) is 9.40. The molecule has 0 radical (unpaired) electrons. The number of nitrogens with zero attached hydrogens (tertiary/aromatic N) is 1. The third-order valence-corrected chi connectivity index (χ3v) is 5.08. The highest BCUT2D eigenvalue weighted by atomic mass is 16.8. The number of carbonyl (C=O) groups excluding carboxylic acids is 4. The van der Waals surface area contributed by atoms with Gasteiger partial charge in [-0.25, -0.2) is 9.59 Å². The van der Waals surface area contributed by atoms with Crippen LogP contribution in [0.25, 0.3) is 11.1 Å². The van der Waals surface area contributed by atoms with Crippen molar-refractivity contribution in [1.29, 1.82) is 0 Å². The van der Waals surface area contributed by atoms with E-state index in [0.717, 1.165) is 22.3 Å². The zero-order chi connectivity index (χ0) is 21.3. The van der Waals surface area contributed by atoms with Crippen LogP contribution in [0.3, 0.4) is 0 Å². The van der Waals surface area contributed by atoms with Gasteiger partial charge >= 0.3 is 12.2 Å². The molecule has 2 aromatic rings. The second-order valence-corrected chi connectivity index (χ2v) is 6.88. The molecule has 1 aliphatic carbocycles.